The lowest BCUT2D eigenvalue weighted by atomic mass is 10.2. The van der Waals surface area contributed by atoms with Crippen LogP contribution in [0.2, 0.25) is 0 Å². The van der Waals surface area contributed by atoms with Gasteiger partial charge in [-0.3, -0.25) is 4.79 Å². The second kappa shape index (κ2) is 6.85. The van der Waals surface area contributed by atoms with Crippen LogP contribution in [0.25, 0.3) is 0 Å². The minimum absolute atomic E-state index is 0.00720. The van der Waals surface area contributed by atoms with Gasteiger partial charge in [-0.25, -0.2) is 8.78 Å². The van der Waals surface area contributed by atoms with E-state index in [2.05, 4.69) is 5.32 Å². The van der Waals surface area contributed by atoms with Gasteiger partial charge in [-0.15, -0.1) is 0 Å². The van der Waals surface area contributed by atoms with Gasteiger partial charge in [0, 0.05) is 22.1 Å². The number of carboxylic acids is 1. The maximum absolute atomic E-state index is 13.5. The van der Waals surface area contributed by atoms with E-state index in [1.54, 1.807) is 22.6 Å². The topological polar surface area (TPSA) is 49.3 Å². The highest BCUT2D eigenvalue weighted by atomic mass is 127. The van der Waals surface area contributed by atoms with E-state index in [-0.39, 0.29) is 18.5 Å². The predicted molar refractivity (Wildman–Crippen MR) is 67.7 cm³/mol. The van der Waals surface area contributed by atoms with Crippen molar-refractivity contribution in [2.45, 2.75) is 19.4 Å². The molecule has 0 aliphatic carbocycles. The van der Waals surface area contributed by atoms with E-state index in [0.29, 0.717) is 16.5 Å². The summed E-state index contributed by atoms with van der Waals surface area (Å²) in [7, 11) is 0. The van der Waals surface area contributed by atoms with Gasteiger partial charge in [-0.2, -0.15) is 0 Å². The summed E-state index contributed by atoms with van der Waals surface area (Å²) in [5, 5.41) is 11.2. The Kier molecular flexibility index (Phi) is 5.76. The normalized spacial score (nSPS) is 10.5. The van der Waals surface area contributed by atoms with E-state index in [0.717, 1.165) is 0 Å². The summed E-state index contributed by atoms with van der Waals surface area (Å²) in [6.45, 7) is 0.477. The molecule has 0 radical (unpaired) electrons. The van der Waals surface area contributed by atoms with Crippen molar-refractivity contribution in [2.24, 2.45) is 0 Å². The van der Waals surface area contributed by atoms with E-state index in [4.69, 9.17) is 5.11 Å². The lowest BCUT2D eigenvalue weighted by Gasteiger charge is -2.07. The summed E-state index contributed by atoms with van der Waals surface area (Å²) >= 11 is 1.80. The van der Waals surface area contributed by atoms with E-state index < -0.39 is 17.6 Å². The maximum atomic E-state index is 13.5. The average molecular weight is 355 g/mol. The van der Waals surface area contributed by atoms with Crippen LogP contribution in [0.3, 0.4) is 0 Å². The molecule has 0 heterocycles. The average Bonchev–Trinajstić information content (AvgIpc) is 2.27. The standard InChI is InChI=1S/C11H12F2INO2/c12-8-3-4-9(14)11(13)7(8)6-15-5-1-2-10(16)17/h3-4,15H,1-2,5-6H2,(H,16,17). The molecule has 1 aromatic carbocycles. The Balaban J connectivity index is 2.46. The van der Waals surface area contributed by atoms with Crippen LogP contribution in [0.4, 0.5) is 8.78 Å². The summed E-state index contributed by atoms with van der Waals surface area (Å²) < 4.78 is 27.2. The Labute approximate surface area is 111 Å². The van der Waals surface area contributed by atoms with E-state index in [9.17, 15) is 13.6 Å². The summed E-state index contributed by atoms with van der Waals surface area (Å²) in [6, 6.07) is 2.60. The van der Waals surface area contributed by atoms with Gasteiger partial charge in [0.2, 0.25) is 0 Å². The quantitative estimate of drug-likeness (QED) is 0.469. The zero-order valence-electron chi connectivity index (χ0n) is 8.97. The predicted octanol–water partition coefficient (Wildman–Crippen LogP) is 2.52. The highest BCUT2D eigenvalue weighted by Crippen LogP contribution is 2.18. The first-order valence-electron chi connectivity index (χ1n) is 5.07. The molecule has 0 aliphatic heterocycles. The third kappa shape index (κ3) is 4.55. The minimum atomic E-state index is -0.876. The fourth-order valence-corrected chi connectivity index (χ4v) is 1.81. The minimum Gasteiger partial charge on any atom is -0.481 e. The molecule has 0 amide bonds. The molecule has 0 atom stereocenters. The Morgan fingerprint density at radius 3 is 2.76 bits per heavy atom. The van der Waals surface area contributed by atoms with Gasteiger partial charge in [0.1, 0.15) is 11.6 Å². The molecule has 94 valence electrons. The smallest absolute Gasteiger partial charge is 0.303 e. The van der Waals surface area contributed by atoms with Gasteiger partial charge >= 0.3 is 5.97 Å². The van der Waals surface area contributed by atoms with Gasteiger partial charge in [0.15, 0.2) is 0 Å². The molecule has 0 fully saturated rings. The molecule has 0 bridgehead atoms. The molecule has 0 spiro atoms. The first kappa shape index (κ1) is 14.3. The van der Waals surface area contributed by atoms with Crippen molar-refractivity contribution in [3.63, 3.8) is 0 Å². The Hall–Kier alpha value is -0.760. The van der Waals surface area contributed by atoms with Crippen LogP contribution >= 0.6 is 22.6 Å². The Morgan fingerprint density at radius 2 is 2.12 bits per heavy atom. The molecule has 0 saturated carbocycles. The molecule has 3 nitrogen and oxygen atoms in total. The summed E-state index contributed by atoms with van der Waals surface area (Å²) in [5.74, 6) is -2.02. The maximum Gasteiger partial charge on any atom is 0.303 e. The number of hydrogen-bond acceptors (Lipinski definition) is 2. The van der Waals surface area contributed by atoms with Gasteiger partial charge in [-0.05, 0) is 47.7 Å². The third-order valence-corrected chi connectivity index (χ3v) is 3.02. The van der Waals surface area contributed by atoms with Crippen molar-refractivity contribution in [3.05, 3.63) is 32.9 Å². The monoisotopic (exact) mass is 355 g/mol. The van der Waals surface area contributed by atoms with Crippen molar-refractivity contribution in [1.82, 2.24) is 5.32 Å². The van der Waals surface area contributed by atoms with Crippen molar-refractivity contribution in [2.75, 3.05) is 6.54 Å². The van der Waals surface area contributed by atoms with Crippen LogP contribution in [0.5, 0.6) is 0 Å². The molecule has 1 aromatic rings. The van der Waals surface area contributed by atoms with Crippen molar-refractivity contribution in [3.8, 4) is 0 Å². The zero-order valence-corrected chi connectivity index (χ0v) is 11.1. The van der Waals surface area contributed by atoms with Crippen LogP contribution in [-0.4, -0.2) is 17.6 Å². The number of carboxylic acid groups (broad SMARTS) is 1. The van der Waals surface area contributed by atoms with Gasteiger partial charge in [0.25, 0.3) is 0 Å². The van der Waals surface area contributed by atoms with E-state index in [1.165, 1.54) is 12.1 Å². The molecule has 0 aromatic heterocycles. The summed E-state index contributed by atoms with van der Waals surface area (Å²) in [5.41, 5.74) is -0.00720. The number of rotatable bonds is 6. The van der Waals surface area contributed by atoms with Crippen molar-refractivity contribution in [1.29, 1.82) is 0 Å². The molecular formula is C11H12F2INO2. The van der Waals surface area contributed by atoms with E-state index >= 15 is 0 Å². The van der Waals surface area contributed by atoms with Crippen LogP contribution < -0.4 is 5.32 Å². The second-order valence-corrected chi connectivity index (χ2v) is 4.66. The molecule has 0 unspecified atom stereocenters. The number of benzene rings is 1. The molecule has 1 rings (SSSR count). The molecular weight excluding hydrogens is 343 g/mol. The van der Waals surface area contributed by atoms with Crippen molar-refractivity contribution < 1.29 is 18.7 Å². The molecule has 6 heteroatoms. The lowest BCUT2D eigenvalue weighted by molar-refractivity contribution is -0.137. The summed E-state index contributed by atoms with van der Waals surface area (Å²) in [6.07, 6.45) is 0.479. The number of nitrogens with one attached hydrogen (secondary N) is 1. The number of hydrogen-bond donors (Lipinski definition) is 2. The fourth-order valence-electron chi connectivity index (χ4n) is 1.31. The SMILES string of the molecule is O=C(O)CCCNCc1c(F)ccc(I)c1F. The first-order valence-corrected chi connectivity index (χ1v) is 6.15. The van der Waals surface area contributed by atoms with Crippen LogP contribution in [0.1, 0.15) is 18.4 Å². The van der Waals surface area contributed by atoms with E-state index in [1.807, 2.05) is 0 Å². The largest absolute Gasteiger partial charge is 0.481 e. The van der Waals surface area contributed by atoms with Crippen molar-refractivity contribution >= 4 is 28.6 Å². The molecule has 2 N–H and O–H groups in total. The Morgan fingerprint density at radius 1 is 1.41 bits per heavy atom. The highest BCUT2D eigenvalue weighted by Gasteiger charge is 2.11. The van der Waals surface area contributed by atoms with Crippen LogP contribution in [0.15, 0.2) is 12.1 Å². The number of halogens is 3. The molecule has 17 heavy (non-hydrogen) atoms. The van der Waals surface area contributed by atoms with Crippen LogP contribution in [-0.2, 0) is 11.3 Å². The lowest BCUT2D eigenvalue weighted by Crippen LogP contribution is -2.18. The molecule has 0 saturated heterocycles. The highest BCUT2D eigenvalue weighted by molar-refractivity contribution is 14.1. The second-order valence-electron chi connectivity index (χ2n) is 3.50. The number of carbonyl (C=O) groups is 1. The van der Waals surface area contributed by atoms with Crippen LogP contribution in [0, 0.1) is 15.2 Å². The summed E-state index contributed by atoms with van der Waals surface area (Å²) in [4.78, 5) is 10.2. The molecule has 0 aliphatic rings. The Bertz CT molecular complexity index is 413. The fraction of sp³-hybridized carbons (Fsp3) is 0.364. The first-order chi connectivity index (χ1) is 8.02. The third-order valence-electron chi connectivity index (χ3n) is 2.18. The number of aliphatic carboxylic acids is 1. The zero-order chi connectivity index (χ0) is 12.8. The van der Waals surface area contributed by atoms with Gasteiger partial charge < -0.3 is 10.4 Å². The van der Waals surface area contributed by atoms with Gasteiger partial charge in [-0.1, -0.05) is 0 Å². The van der Waals surface area contributed by atoms with Gasteiger partial charge in [0.05, 0.1) is 0 Å².